The van der Waals surface area contributed by atoms with Crippen LogP contribution in [-0.4, -0.2) is 47.6 Å². The molecule has 1 aliphatic rings. The van der Waals surface area contributed by atoms with E-state index >= 15 is 0 Å². The zero-order chi connectivity index (χ0) is 22.8. The van der Waals surface area contributed by atoms with Gasteiger partial charge in [-0.3, -0.25) is 4.79 Å². The molecule has 2 aromatic carbocycles. The van der Waals surface area contributed by atoms with E-state index in [1.54, 1.807) is 18.2 Å². The van der Waals surface area contributed by atoms with Gasteiger partial charge >= 0.3 is 6.18 Å². The molecule has 1 aliphatic heterocycles. The van der Waals surface area contributed by atoms with Crippen LogP contribution in [0.15, 0.2) is 42.5 Å². The zero-order valence-corrected chi connectivity index (χ0v) is 18.0. The van der Waals surface area contributed by atoms with E-state index in [1.807, 2.05) is 50.2 Å². The minimum atomic E-state index is -4.60. The molecule has 2 N–H and O–H groups in total. The summed E-state index contributed by atoms with van der Waals surface area (Å²) in [6.45, 7) is 1.83. The van der Waals surface area contributed by atoms with Crippen molar-refractivity contribution in [1.82, 2.24) is 14.9 Å². The predicted molar refractivity (Wildman–Crippen MR) is 119 cm³/mol. The van der Waals surface area contributed by atoms with Crippen molar-refractivity contribution >= 4 is 33.4 Å². The quantitative estimate of drug-likeness (QED) is 0.443. The average Bonchev–Trinajstić information content (AvgIpc) is 3.32. The van der Waals surface area contributed by atoms with E-state index in [4.69, 9.17) is 0 Å². The Morgan fingerprint density at radius 2 is 1.84 bits per heavy atom. The van der Waals surface area contributed by atoms with Crippen LogP contribution >= 0.6 is 0 Å². The van der Waals surface area contributed by atoms with Crippen LogP contribution in [-0.2, 0) is 6.42 Å². The summed E-state index contributed by atoms with van der Waals surface area (Å²) in [5.74, 6) is -0.650. The molecule has 5 rings (SSSR count). The van der Waals surface area contributed by atoms with Crippen molar-refractivity contribution in [3.8, 4) is 0 Å². The van der Waals surface area contributed by atoms with Gasteiger partial charge in [0.2, 0.25) is 0 Å². The fraction of sp³-hybridized carbons (Fsp3) is 0.292. The van der Waals surface area contributed by atoms with E-state index in [9.17, 15) is 18.0 Å². The number of alkyl halides is 3. The maximum absolute atomic E-state index is 14.4. The summed E-state index contributed by atoms with van der Waals surface area (Å²) in [6.07, 6.45) is -4.26. The fourth-order valence-corrected chi connectivity index (χ4v) is 4.63. The first-order valence-electron chi connectivity index (χ1n) is 10.4. The highest BCUT2D eigenvalue weighted by Gasteiger charge is 2.50. The van der Waals surface area contributed by atoms with E-state index in [2.05, 4.69) is 9.97 Å². The van der Waals surface area contributed by atoms with Crippen LogP contribution in [0, 0.1) is 6.92 Å². The number of aromatic amines is 2. The molecule has 1 amide bonds. The first-order chi connectivity index (χ1) is 15.1. The molecule has 0 saturated heterocycles. The number of nitrogens with zero attached hydrogens (tertiary/aromatic N) is 2. The lowest BCUT2D eigenvalue weighted by atomic mass is 9.94. The summed E-state index contributed by atoms with van der Waals surface area (Å²) < 4.78 is 43.1. The summed E-state index contributed by atoms with van der Waals surface area (Å²) in [6, 6.07) is 10.7. The number of anilines is 1. The zero-order valence-electron chi connectivity index (χ0n) is 18.0. The van der Waals surface area contributed by atoms with Gasteiger partial charge in [-0.05, 0) is 37.3 Å². The molecular formula is C24H23F3N4O. The van der Waals surface area contributed by atoms with Gasteiger partial charge in [0.1, 0.15) is 5.69 Å². The SMILES string of the molecule is Cc1ccc2[nH]c3c(c2c1)C(C(F)(F)F)N(C(=O)c1cc2ccc(N(C)C)cc2[nH]1)CC3. The number of H-pyrrole nitrogens is 2. The average molecular weight is 440 g/mol. The first kappa shape index (κ1) is 20.5. The number of aromatic nitrogens is 2. The van der Waals surface area contributed by atoms with Gasteiger partial charge in [0.25, 0.3) is 5.91 Å². The molecule has 166 valence electrons. The molecule has 5 nitrogen and oxygen atoms in total. The maximum Gasteiger partial charge on any atom is 0.413 e. The Morgan fingerprint density at radius 1 is 1.06 bits per heavy atom. The molecule has 1 atom stereocenters. The summed E-state index contributed by atoms with van der Waals surface area (Å²) >= 11 is 0. The minimum Gasteiger partial charge on any atom is -0.378 e. The number of carbonyl (C=O) groups excluding carboxylic acids is 1. The number of hydrogen-bond acceptors (Lipinski definition) is 2. The summed E-state index contributed by atoms with van der Waals surface area (Å²) in [7, 11) is 3.80. The molecule has 0 fully saturated rings. The molecule has 0 saturated carbocycles. The Balaban J connectivity index is 1.60. The second-order valence-corrected chi connectivity index (χ2v) is 8.61. The highest BCUT2D eigenvalue weighted by Crippen LogP contribution is 2.45. The largest absolute Gasteiger partial charge is 0.413 e. The molecule has 3 heterocycles. The Kier molecular flexibility index (Phi) is 4.51. The van der Waals surface area contributed by atoms with Gasteiger partial charge in [0.05, 0.1) is 0 Å². The molecule has 0 bridgehead atoms. The molecule has 0 radical (unpaired) electrons. The van der Waals surface area contributed by atoms with Crippen LogP contribution < -0.4 is 4.90 Å². The fourth-order valence-electron chi connectivity index (χ4n) is 4.63. The van der Waals surface area contributed by atoms with Gasteiger partial charge in [-0.1, -0.05) is 17.7 Å². The summed E-state index contributed by atoms with van der Waals surface area (Å²) in [5, 5.41) is 1.30. The Bertz CT molecular complexity index is 1350. The van der Waals surface area contributed by atoms with Crippen LogP contribution in [0.4, 0.5) is 18.9 Å². The van der Waals surface area contributed by atoms with Gasteiger partial charge in [-0.15, -0.1) is 0 Å². The minimum absolute atomic E-state index is 0.0138. The molecule has 0 spiro atoms. The van der Waals surface area contributed by atoms with Gasteiger partial charge in [-0.25, -0.2) is 0 Å². The van der Waals surface area contributed by atoms with E-state index in [0.717, 1.165) is 21.5 Å². The smallest absolute Gasteiger partial charge is 0.378 e. The Labute approximate surface area is 182 Å². The van der Waals surface area contributed by atoms with E-state index in [-0.39, 0.29) is 17.8 Å². The van der Waals surface area contributed by atoms with Crippen LogP contribution in [0.2, 0.25) is 0 Å². The number of benzene rings is 2. The van der Waals surface area contributed by atoms with Crippen LogP contribution in [0.1, 0.15) is 33.4 Å². The lowest BCUT2D eigenvalue weighted by Gasteiger charge is -2.37. The van der Waals surface area contributed by atoms with E-state index in [0.29, 0.717) is 28.5 Å². The van der Waals surface area contributed by atoms with E-state index in [1.165, 1.54) is 0 Å². The van der Waals surface area contributed by atoms with Crippen molar-refractivity contribution in [3.05, 3.63) is 65.0 Å². The second-order valence-electron chi connectivity index (χ2n) is 8.61. The number of fused-ring (bicyclic) bond motifs is 4. The molecule has 2 aromatic heterocycles. The van der Waals surface area contributed by atoms with Crippen LogP contribution in [0.5, 0.6) is 0 Å². The highest BCUT2D eigenvalue weighted by atomic mass is 19.4. The summed E-state index contributed by atoms with van der Waals surface area (Å²) in [5.41, 5.74) is 4.03. The van der Waals surface area contributed by atoms with Gasteiger partial charge in [0, 0.05) is 65.8 Å². The summed E-state index contributed by atoms with van der Waals surface area (Å²) in [4.78, 5) is 22.4. The van der Waals surface area contributed by atoms with Gasteiger partial charge < -0.3 is 19.8 Å². The number of hydrogen-bond donors (Lipinski definition) is 2. The third-order valence-corrected chi connectivity index (χ3v) is 6.19. The van der Waals surface area contributed by atoms with Crippen molar-refractivity contribution < 1.29 is 18.0 Å². The van der Waals surface area contributed by atoms with Crippen molar-refractivity contribution in [2.24, 2.45) is 0 Å². The van der Waals surface area contributed by atoms with Gasteiger partial charge in [-0.2, -0.15) is 13.2 Å². The Hall–Kier alpha value is -3.42. The third kappa shape index (κ3) is 3.21. The van der Waals surface area contributed by atoms with Crippen molar-refractivity contribution in [2.45, 2.75) is 25.6 Å². The Morgan fingerprint density at radius 3 is 2.56 bits per heavy atom. The second kappa shape index (κ2) is 7.05. The number of aryl methyl sites for hydroxylation is 1. The van der Waals surface area contributed by atoms with Crippen LogP contribution in [0.25, 0.3) is 21.8 Å². The topological polar surface area (TPSA) is 55.1 Å². The maximum atomic E-state index is 14.4. The van der Waals surface area contributed by atoms with Crippen LogP contribution in [0.3, 0.4) is 0 Å². The number of carbonyl (C=O) groups is 1. The standard InChI is InChI=1S/C24H23F3N4O/c1-13-4-7-17-16(10-13)21-18(28-17)8-9-31(22(21)24(25,26)27)23(32)20-11-14-5-6-15(30(2)3)12-19(14)29-20/h4-7,10-12,22,28-29H,8-9H2,1-3H3. The third-order valence-electron chi connectivity index (χ3n) is 6.19. The van der Waals surface area contributed by atoms with Crippen molar-refractivity contribution in [1.29, 1.82) is 0 Å². The molecule has 32 heavy (non-hydrogen) atoms. The molecular weight excluding hydrogens is 417 g/mol. The predicted octanol–water partition coefficient (Wildman–Crippen LogP) is 5.33. The van der Waals surface area contributed by atoms with Crippen molar-refractivity contribution in [3.63, 3.8) is 0 Å². The lowest BCUT2D eigenvalue weighted by Crippen LogP contribution is -2.46. The number of rotatable bonds is 2. The number of amides is 1. The monoisotopic (exact) mass is 440 g/mol. The number of nitrogens with one attached hydrogen (secondary N) is 2. The molecule has 4 aromatic rings. The number of halogens is 3. The van der Waals surface area contributed by atoms with Crippen molar-refractivity contribution in [2.75, 3.05) is 25.5 Å². The van der Waals surface area contributed by atoms with E-state index < -0.39 is 18.1 Å². The molecule has 0 aliphatic carbocycles. The molecule has 8 heteroatoms. The normalized spacial score (nSPS) is 16.6. The molecule has 1 unspecified atom stereocenters. The highest BCUT2D eigenvalue weighted by molar-refractivity contribution is 5.99. The first-order valence-corrected chi connectivity index (χ1v) is 10.4. The van der Waals surface area contributed by atoms with Gasteiger partial charge in [0.15, 0.2) is 6.04 Å². The lowest BCUT2D eigenvalue weighted by molar-refractivity contribution is -0.181.